The zero-order valence-corrected chi connectivity index (χ0v) is 13.9. The summed E-state index contributed by atoms with van der Waals surface area (Å²) in [6, 6.07) is 1.57. The van der Waals surface area contributed by atoms with E-state index in [0.717, 1.165) is 17.0 Å². The van der Waals surface area contributed by atoms with E-state index in [1.807, 2.05) is 25.6 Å². The van der Waals surface area contributed by atoms with E-state index in [0.29, 0.717) is 30.8 Å². The van der Waals surface area contributed by atoms with Gasteiger partial charge in [0.05, 0.1) is 18.0 Å². The highest BCUT2D eigenvalue weighted by molar-refractivity contribution is 5.94. The topological polar surface area (TPSA) is 89.0 Å². The van der Waals surface area contributed by atoms with Crippen molar-refractivity contribution in [3.8, 4) is 0 Å². The van der Waals surface area contributed by atoms with E-state index >= 15 is 0 Å². The number of ether oxygens (including phenoxy) is 1. The largest absolute Gasteiger partial charge is 0.461 e. The van der Waals surface area contributed by atoms with Crippen LogP contribution >= 0.6 is 0 Å². The second-order valence-corrected chi connectivity index (χ2v) is 5.34. The molecule has 2 heterocycles. The molecule has 2 N–H and O–H groups in total. The first-order valence-electron chi connectivity index (χ1n) is 7.56. The highest BCUT2D eigenvalue weighted by Crippen LogP contribution is 2.15. The van der Waals surface area contributed by atoms with Gasteiger partial charge in [-0.2, -0.15) is 5.10 Å². The number of esters is 1. The summed E-state index contributed by atoms with van der Waals surface area (Å²) in [5.74, 6) is -0.545. The smallest absolute Gasteiger partial charge is 0.354 e. The number of hydrogen-bond acceptors (Lipinski definition) is 4. The maximum Gasteiger partial charge on any atom is 0.354 e. The minimum Gasteiger partial charge on any atom is -0.461 e. The van der Waals surface area contributed by atoms with E-state index in [2.05, 4.69) is 15.4 Å². The summed E-state index contributed by atoms with van der Waals surface area (Å²) in [6.45, 7) is 5.98. The van der Waals surface area contributed by atoms with Gasteiger partial charge < -0.3 is 15.0 Å². The molecule has 0 saturated heterocycles. The van der Waals surface area contributed by atoms with Crippen molar-refractivity contribution in [2.24, 2.45) is 7.05 Å². The fourth-order valence-corrected chi connectivity index (χ4v) is 2.43. The van der Waals surface area contributed by atoms with Crippen molar-refractivity contribution in [3.63, 3.8) is 0 Å². The Morgan fingerprint density at radius 3 is 2.74 bits per heavy atom. The number of aromatic amines is 1. The Hall–Kier alpha value is -2.57. The van der Waals surface area contributed by atoms with Gasteiger partial charge in [-0.25, -0.2) is 4.79 Å². The molecule has 0 spiro atoms. The van der Waals surface area contributed by atoms with Gasteiger partial charge in [0, 0.05) is 25.4 Å². The van der Waals surface area contributed by atoms with Crippen LogP contribution in [-0.2, 0) is 23.0 Å². The summed E-state index contributed by atoms with van der Waals surface area (Å²) < 4.78 is 6.71. The molecule has 0 aliphatic carbocycles. The van der Waals surface area contributed by atoms with Crippen LogP contribution < -0.4 is 5.32 Å². The van der Waals surface area contributed by atoms with Gasteiger partial charge >= 0.3 is 5.97 Å². The minimum atomic E-state index is -0.436. The van der Waals surface area contributed by atoms with Gasteiger partial charge in [-0.05, 0) is 38.8 Å². The van der Waals surface area contributed by atoms with E-state index in [-0.39, 0.29) is 5.91 Å². The summed E-state index contributed by atoms with van der Waals surface area (Å²) in [5.41, 5.74) is 3.99. The number of amides is 1. The van der Waals surface area contributed by atoms with Crippen LogP contribution in [0.1, 0.15) is 40.8 Å². The molecule has 1 amide bonds. The van der Waals surface area contributed by atoms with Crippen LogP contribution in [0.3, 0.4) is 0 Å². The molecule has 7 nitrogen and oxygen atoms in total. The lowest BCUT2D eigenvalue weighted by atomic mass is 10.1. The predicted octanol–water partition coefficient (Wildman–Crippen LogP) is 2.11. The van der Waals surface area contributed by atoms with E-state index in [1.165, 1.54) is 0 Å². The van der Waals surface area contributed by atoms with Gasteiger partial charge in [-0.1, -0.05) is 0 Å². The molecule has 0 unspecified atom stereocenters. The van der Waals surface area contributed by atoms with Crippen molar-refractivity contribution in [3.05, 3.63) is 34.9 Å². The first kappa shape index (κ1) is 16.8. The van der Waals surface area contributed by atoms with Crippen LogP contribution in [0, 0.1) is 13.8 Å². The molecule has 2 rings (SSSR count). The fourth-order valence-electron chi connectivity index (χ4n) is 2.43. The SMILES string of the molecule is CCOC(=O)c1cc(NC(=O)CCc2c(C)nn(C)c2C)c[nH]1. The molecule has 7 heteroatoms. The van der Waals surface area contributed by atoms with Crippen LogP contribution in [0.4, 0.5) is 5.69 Å². The number of nitrogens with zero attached hydrogens (tertiary/aromatic N) is 2. The van der Waals surface area contributed by atoms with Crippen LogP contribution in [0.25, 0.3) is 0 Å². The molecule has 0 fully saturated rings. The monoisotopic (exact) mass is 318 g/mol. The van der Waals surface area contributed by atoms with Crippen LogP contribution in [0.2, 0.25) is 0 Å². The number of hydrogen-bond donors (Lipinski definition) is 2. The lowest BCUT2D eigenvalue weighted by Crippen LogP contribution is -2.12. The standard InChI is InChI=1S/C16H22N4O3/c1-5-23-16(22)14-8-12(9-17-14)18-15(21)7-6-13-10(2)19-20(4)11(13)3/h8-9,17H,5-7H2,1-4H3,(H,18,21). The predicted molar refractivity (Wildman–Crippen MR) is 86.4 cm³/mol. The zero-order chi connectivity index (χ0) is 17.0. The average molecular weight is 318 g/mol. The molecule has 0 bridgehead atoms. The highest BCUT2D eigenvalue weighted by Gasteiger charge is 2.13. The first-order valence-corrected chi connectivity index (χ1v) is 7.56. The number of aryl methyl sites for hydroxylation is 2. The van der Waals surface area contributed by atoms with Crippen LogP contribution in [0.5, 0.6) is 0 Å². The maximum absolute atomic E-state index is 12.1. The molecule has 0 radical (unpaired) electrons. The summed E-state index contributed by atoms with van der Waals surface area (Å²) in [4.78, 5) is 26.4. The molecule has 0 atom stereocenters. The molecule has 0 aliphatic rings. The van der Waals surface area contributed by atoms with Gasteiger partial charge in [0.1, 0.15) is 5.69 Å². The van der Waals surface area contributed by atoms with Gasteiger partial charge in [0.15, 0.2) is 0 Å². The summed E-state index contributed by atoms with van der Waals surface area (Å²) in [6.07, 6.45) is 2.56. The van der Waals surface area contributed by atoms with Gasteiger partial charge in [0.2, 0.25) is 5.91 Å². The third-order valence-electron chi connectivity index (χ3n) is 3.72. The Morgan fingerprint density at radius 1 is 1.39 bits per heavy atom. The lowest BCUT2D eigenvalue weighted by molar-refractivity contribution is -0.116. The molecule has 124 valence electrons. The van der Waals surface area contributed by atoms with Crippen molar-refractivity contribution in [2.45, 2.75) is 33.6 Å². The second kappa shape index (κ2) is 7.13. The molecule has 0 aliphatic heterocycles. The van der Waals surface area contributed by atoms with Crippen molar-refractivity contribution in [1.82, 2.24) is 14.8 Å². The van der Waals surface area contributed by atoms with E-state index in [9.17, 15) is 9.59 Å². The van der Waals surface area contributed by atoms with Crippen molar-refractivity contribution in [1.29, 1.82) is 0 Å². The Morgan fingerprint density at radius 2 is 2.13 bits per heavy atom. The van der Waals surface area contributed by atoms with Gasteiger partial charge in [-0.3, -0.25) is 9.48 Å². The fraction of sp³-hybridized carbons (Fsp3) is 0.438. The van der Waals surface area contributed by atoms with Crippen LogP contribution in [0.15, 0.2) is 12.3 Å². The Kier molecular flexibility index (Phi) is 5.20. The number of rotatable bonds is 6. The number of aromatic nitrogens is 3. The lowest BCUT2D eigenvalue weighted by Gasteiger charge is -2.04. The van der Waals surface area contributed by atoms with Crippen molar-refractivity contribution in [2.75, 3.05) is 11.9 Å². The summed E-state index contributed by atoms with van der Waals surface area (Å²) >= 11 is 0. The number of anilines is 1. The van der Waals surface area contributed by atoms with E-state index < -0.39 is 5.97 Å². The molecular formula is C16H22N4O3. The number of carbonyl (C=O) groups is 2. The third kappa shape index (κ3) is 4.00. The Bertz CT molecular complexity index is 715. The Labute approximate surface area is 135 Å². The van der Waals surface area contributed by atoms with Gasteiger partial charge in [0.25, 0.3) is 0 Å². The molecule has 2 aromatic heterocycles. The zero-order valence-electron chi connectivity index (χ0n) is 13.9. The summed E-state index contributed by atoms with van der Waals surface area (Å²) in [7, 11) is 1.89. The van der Waals surface area contributed by atoms with Gasteiger partial charge in [-0.15, -0.1) is 0 Å². The minimum absolute atomic E-state index is 0.109. The quantitative estimate of drug-likeness (QED) is 0.798. The number of H-pyrrole nitrogens is 1. The van der Waals surface area contributed by atoms with Crippen LogP contribution in [-0.4, -0.2) is 33.2 Å². The number of carbonyl (C=O) groups excluding carboxylic acids is 2. The van der Waals surface area contributed by atoms with Crippen molar-refractivity contribution < 1.29 is 14.3 Å². The molecule has 0 saturated carbocycles. The first-order chi connectivity index (χ1) is 10.9. The third-order valence-corrected chi connectivity index (χ3v) is 3.72. The van der Waals surface area contributed by atoms with E-state index in [1.54, 1.807) is 19.2 Å². The molecule has 23 heavy (non-hydrogen) atoms. The van der Waals surface area contributed by atoms with E-state index in [4.69, 9.17) is 4.74 Å². The molecule has 0 aromatic carbocycles. The second-order valence-electron chi connectivity index (χ2n) is 5.34. The number of nitrogens with one attached hydrogen (secondary N) is 2. The molecular weight excluding hydrogens is 296 g/mol. The maximum atomic E-state index is 12.1. The average Bonchev–Trinajstić information content (AvgIpc) is 3.04. The Balaban J connectivity index is 1.91. The normalized spacial score (nSPS) is 10.6. The van der Waals surface area contributed by atoms with Crippen molar-refractivity contribution >= 4 is 17.6 Å². The molecule has 2 aromatic rings. The highest BCUT2D eigenvalue weighted by atomic mass is 16.5. The summed E-state index contributed by atoms with van der Waals surface area (Å²) in [5, 5.41) is 7.11.